The molecule has 0 aliphatic rings. The first-order valence-electron chi connectivity index (χ1n) is 9.45. The van der Waals surface area contributed by atoms with E-state index in [-0.39, 0.29) is 18.3 Å². The number of thioether (sulfide) groups is 1. The van der Waals surface area contributed by atoms with E-state index in [1.165, 1.54) is 11.8 Å². The van der Waals surface area contributed by atoms with Crippen molar-refractivity contribution in [3.8, 4) is 11.4 Å². The van der Waals surface area contributed by atoms with Crippen molar-refractivity contribution in [3.05, 3.63) is 65.1 Å². The maximum absolute atomic E-state index is 12.2. The average Bonchev–Trinajstić information content (AvgIpc) is 3.34. The number of ether oxygens (including phenoxy) is 1. The van der Waals surface area contributed by atoms with Gasteiger partial charge in [0.25, 0.3) is 0 Å². The standard InChI is InChI=1S/C21H20ClN5O2S/c1-3-27-20(15-5-7-16(22)8-6-15)24-25-21(27)30-13-19(28)29-12-17-11-26-10-14(2)4-9-18(26)23-17/h4-11H,3,12-13H2,1-2H3. The van der Waals surface area contributed by atoms with E-state index in [9.17, 15) is 4.79 Å². The van der Waals surface area contributed by atoms with Crippen molar-refractivity contribution in [2.24, 2.45) is 0 Å². The van der Waals surface area contributed by atoms with Gasteiger partial charge < -0.3 is 13.7 Å². The third-order valence-corrected chi connectivity index (χ3v) is 5.68. The van der Waals surface area contributed by atoms with Crippen molar-refractivity contribution in [1.29, 1.82) is 0 Å². The molecule has 1 aromatic carbocycles. The third kappa shape index (κ3) is 4.49. The first-order chi connectivity index (χ1) is 14.5. The first-order valence-corrected chi connectivity index (χ1v) is 10.8. The lowest BCUT2D eigenvalue weighted by Crippen LogP contribution is -2.09. The summed E-state index contributed by atoms with van der Waals surface area (Å²) in [4.78, 5) is 16.7. The number of imidazole rings is 1. The van der Waals surface area contributed by atoms with E-state index < -0.39 is 0 Å². The summed E-state index contributed by atoms with van der Waals surface area (Å²) in [5, 5.41) is 9.84. The quantitative estimate of drug-likeness (QED) is 0.312. The number of pyridine rings is 1. The van der Waals surface area contributed by atoms with Gasteiger partial charge in [0.05, 0.1) is 11.4 Å². The zero-order valence-electron chi connectivity index (χ0n) is 16.6. The molecule has 4 aromatic rings. The minimum atomic E-state index is -0.327. The number of halogens is 1. The zero-order valence-corrected chi connectivity index (χ0v) is 18.2. The summed E-state index contributed by atoms with van der Waals surface area (Å²) in [6.45, 7) is 4.85. The van der Waals surface area contributed by atoms with Crippen LogP contribution < -0.4 is 0 Å². The van der Waals surface area contributed by atoms with E-state index in [2.05, 4.69) is 15.2 Å². The van der Waals surface area contributed by atoms with Gasteiger partial charge in [-0.05, 0) is 49.7 Å². The molecule has 0 amide bonds. The second-order valence-corrected chi connectivity index (χ2v) is 8.09. The van der Waals surface area contributed by atoms with Crippen LogP contribution in [0.1, 0.15) is 18.2 Å². The molecule has 0 saturated heterocycles. The summed E-state index contributed by atoms with van der Waals surface area (Å²) in [5.41, 5.74) is 3.59. The maximum atomic E-state index is 12.2. The number of carbonyl (C=O) groups is 1. The van der Waals surface area contributed by atoms with Crippen LogP contribution in [0.15, 0.2) is 53.9 Å². The molecule has 154 valence electrons. The predicted molar refractivity (Wildman–Crippen MR) is 117 cm³/mol. The topological polar surface area (TPSA) is 74.3 Å². The highest BCUT2D eigenvalue weighted by molar-refractivity contribution is 7.99. The number of nitrogens with zero attached hydrogens (tertiary/aromatic N) is 5. The summed E-state index contributed by atoms with van der Waals surface area (Å²) in [5.74, 6) is 0.558. The molecule has 9 heteroatoms. The zero-order chi connectivity index (χ0) is 21.1. The highest BCUT2D eigenvalue weighted by Gasteiger charge is 2.15. The van der Waals surface area contributed by atoms with Gasteiger partial charge in [0.1, 0.15) is 12.3 Å². The molecule has 0 bridgehead atoms. The van der Waals surface area contributed by atoms with Gasteiger partial charge in [-0.2, -0.15) is 0 Å². The van der Waals surface area contributed by atoms with Crippen LogP contribution in [0.4, 0.5) is 0 Å². The van der Waals surface area contributed by atoms with Gasteiger partial charge in [0, 0.05) is 29.5 Å². The van der Waals surface area contributed by atoms with Crippen LogP contribution in [0.25, 0.3) is 17.0 Å². The van der Waals surface area contributed by atoms with Gasteiger partial charge in [-0.1, -0.05) is 29.4 Å². The minimum Gasteiger partial charge on any atom is -0.458 e. The average molecular weight is 442 g/mol. The van der Waals surface area contributed by atoms with Crippen LogP contribution >= 0.6 is 23.4 Å². The van der Waals surface area contributed by atoms with E-state index in [0.29, 0.717) is 22.4 Å². The lowest BCUT2D eigenvalue weighted by Gasteiger charge is -2.07. The minimum absolute atomic E-state index is 0.136. The molecule has 0 radical (unpaired) electrons. The molecule has 0 fully saturated rings. The van der Waals surface area contributed by atoms with Crippen LogP contribution in [0.3, 0.4) is 0 Å². The largest absolute Gasteiger partial charge is 0.458 e. The number of aromatic nitrogens is 5. The van der Waals surface area contributed by atoms with Crippen molar-refractivity contribution < 1.29 is 9.53 Å². The van der Waals surface area contributed by atoms with Crippen LogP contribution in [0, 0.1) is 6.92 Å². The molecule has 3 heterocycles. The van der Waals surface area contributed by atoms with Gasteiger partial charge >= 0.3 is 5.97 Å². The Morgan fingerprint density at radius 2 is 1.93 bits per heavy atom. The summed E-state index contributed by atoms with van der Waals surface area (Å²) in [7, 11) is 0. The molecule has 0 spiro atoms. The summed E-state index contributed by atoms with van der Waals surface area (Å²) < 4.78 is 9.27. The summed E-state index contributed by atoms with van der Waals surface area (Å²) >= 11 is 7.27. The number of carbonyl (C=O) groups excluding carboxylic acids is 1. The summed E-state index contributed by atoms with van der Waals surface area (Å²) in [6.07, 6.45) is 3.86. The Labute approximate surface area is 183 Å². The summed E-state index contributed by atoms with van der Waals surface area (Å²) in [6, 6.07) is 11.4. The Morgan fingerprint density at radius 1 is 1.13 bits per heavy atom. The van der Waals surface area contributed by atoms with E-state index in [0.717, 1.165) is 22.6 Å². The molecule has 0 aliphatic heterocycles. The van der Waals surface area contributed by atoms with Gasteiger partial charge in [-0.15, -0.1) is 10.2 Å². The van der Waals surface area contributed by atoms with Gasteiger partial charge in [-0.3, -0.25) is 4.79 Å². The molecule has 0 atom stereocenters. The predicted octanol–water partition coefficient (Wildman–Crippen LogP) is 4.41. The molecular weight excluding hydrogens is 422 g/mol. The van der Waals surface area contributed by atoms with Crippen molar-refractivity contribution in [3.63, 3.8) is 0 Å². The molecule has 30 heavy (non-hydrogen) atoms. The molecule has 0 N–H and O–H groups in total. The molecule has 0 aliphatic carbocycles. The highest BCUT2D eigenvalue weighted by atomic mass is 35.5. The number of hydrogen-bond donors (Lipinski definition) is 0. The van der Waals surface area contributed by atoms with Gasteiger partial charge in [-0.25, -0.2) is 4.98 Å². The number of rotatable bonds is 7. The third-order valence-electron chi connectivity index (χ3n) is 4.48. The number of fused-ring (bicyclic) bond motifs is 1. The lowest BCUT2D eigenvalue weighted by atomic mass is 10.2. The van der Waals surface area contributed by atoms with Crippen LogP contribution in [-0.2, 0) is 22.7 Å². The SMILES string of the molecule is CCn1c(SCC(=O)OCc2cn3cc(C)ccc3n2)nnc1-c1ccc(Cl)cc1. The fraction of sp³-hybridized carbons (Fsp3) is 0.238. The fourth-order valence-electron chi connectivity index (χ4n) is 3.04. The van der Waals surface area contributed by atoms with E-state index >= 15 is 0 Å². The molecule has 7 nitrogen and oxygen atoms in total. The van der Waals surface area contributed by atoms with Gasteiger partial charge in [0.2, 0.25) is 0 Å². The van der Waals surface area contributed by atoms with Crippen molar-refractivity contribution in [2.45, 2.75) is 32.2 Å². The molecule has 4 rings (SSSR count). The van der Waals surface area contributed by atoms with Crippen molar-refractivity contribution in [2.75, 3.05) is 5.75 Å². The monoisotopic (exact) mass is 441 g/mol. The van der Waals surface area contributed by atoms with Crippen LogP contribution in [0.2, 0.25) is 5.02 Å². The van der Waals surface area contributed by atoms with E-state index in [4.69, 9.17) is 16.3 Å². The Bertz CT molecular complexity index is 1190. The fourth-order valence-corrected chi connectivity index (χ4v) is 3.96. The number of aryl methyl sites for hydroxylation is 1. The lowest BCUT2D eigenvalue weighted by molar-refractivity contribution is -0.141. The van der Waals surface area contributed by atoms with Crippen molar-refractivity contribution >= 4 is 35.0 Å². The Balaban J connectivity index is 1.37. The first kappa shape index (κ1) is 20.4. The van der Waals surface area contributed by atoms with E-state index in [1.807, 2.05) is 71.6 Å². The molecule has 3 aromatic heterocycles. The number of benzene rings is 1. The molecule has 0 saturated carbocycles. The van der Waals surface area contributed by atoms with Crippen LogP contribution in [-0.4, -0.2) is 35.9 Å². The number of esters is 1. The van der Waals surface area contributed by atoms with Gasteiger partial charge in [0.15, 0.2) is 11.0 Å². The molecule has 0 unspecified atom stereocenters. The second-order valence-electron chi connectivity index (χ2n) is 6.71. The van der Waals surface area contributed by atoms with Crippen molar-refractivity contribution in [1.82, 2.24) is 24.1 Å². The normalized spacial score (nSPS) is 11.2. The van der Waals surface area contributed by atoms with E-state index in [1.54, 1.807) is 0 Å². The highest BCUT2D eigenvalue weighted by Crippen LogP contribution is 2.25. The maximum Gasteiger partial charge on any atom is 0.316 e. The number of hydrogen-bond acceptors (Lipinski definition) is 6. The molecular formula is C21H20ClN5O2S. The Morgan fingerprint density at radius 3 is 2.70 bits per heavy atom. The second kappa shape index (κ2) is 8.89. The Hall–Kier alpha value is -2.84. The smallest absolute Gasteiger partial charge is 0.316 e. The Kier molecular flexibility index (Phi) is 6.06. The van der Waals surface area contributed by atoms with Crippen LogP contribution in [0.5, 0.6) is 0 Å².